The van der Waals surface area contributed by atoms with E-state index in [0.29, 0.717) is 36.9 Å². The van der Waals surface area contributed by atoms with Gasteiger partial charge < -0.3 is 9.47 Å². The quantitative estimate of drug-likeness (QED) is 0.354. The Balaban J connectivity index is 1.01. The molecular weight excluding hydrogens is 328 g/mol. The first-order valence-electron chi connectivity index (χ1n) is 10.4. The highest BCUT2D eigenvalue weighted by atomic mass is 16.5. The number of carbonyl (C=O) groups excluding carboxylic acids is 2. The van der Waals surface area contributed by atoms with Gasteiger partial charge in [-0.1, -0.05) is 24.3 Å². The topological polar surface area (TPSA) is 52.6 Å². The second-order valence-electron chi connectivity index (χ2n) is 8.52. The largest absolute Gasteiger partial charge is 0.465 e. The molecule has 2 fully saturated rings. The van der Waals surface area contributed by atoms with Crippen LogP contribution in [-0.4, -0.2) is 25.2 Å². The van der Waals surface area contributed by atoms with Crippen LogP contribution in [0.1, 0.15) is 51.4 Å². The molecule has 0 aromatic heterocycles. The lowest BCUT2D eigenvalue weighted by Crippen LogP contribution is -2.22. The van der Waals surface area contributed by atoms with Crippen LogP contribution in [0.3, 0.4) is 0 Å². The van der Waals surface area contributed by atoms with Gasteiger partial charge in [0.2, 0.25) is 0 Å². The van der Waals surface area contributed by atoms with Gasteiger partial charge in [0.15, 0.2) is 0 Å². The number of esters is 2. The van der Waals surface area contributed by atoms with Crippen LogP contribution >= 0.6 is 0 Å². The van der Waals surface area contributed by atoms with E-state index in [2.05, 4.69) is 24.3 Å². The molecule has 0 N–H and O–H groups in total. The van der Waals surface area contributed by atoms with Crippen molar-refractivity contribution in [2.45, 2.75) is 51.4 Å². The van der Waals surface area contributed by atoms with E-state index in [1.165, 1.54) is 0 Å². The zero-order valence-electron chi connectivity index (χ0n) is 15.5. The van der Waals surface area contributed by atoms with Gasteiger partial charge in [0, 0.05) is 0 Å². The van der Waals surface area contributed by atoms with Gasteiger partial charge in [0.25, 0.3) is 0 Å². The van der Waals surface area contributed by atoms with Crippen molar-refractivity contribution in [3.05, 3.63) is 24.3 Å². The molecule has 4 nitrogen and oxygen atoms in total. The van der Waals surface area contributed by atoms with E-state index in [-0.39, 0.29) is 23.8 Å². The first-order valence-corrected chi connectivity index (χ1v) is 10.4. The van der Waals surface area contributed by atoms with Crippen LogP contribution in [0.2, 0.25) is 0 Å². The van der Waals surface area contributed by atoms with Crippen molar-refractivity contribution in [2.75, 3.05) is 13.2 Å². The Morgan fingerprint density at radius 2 is 1.12 bits per heavy atom. The molecule has 26 heavy (non-hydrogen) atoms. The van der Waals surface area contributed by atoms with Gasteiger partial charge in [-0.15, -0.1) is 0 Å². The Morgan fingerprint density at radius 1 is 0.654 bits per heavy atom. The molecule has 0 aliphatic heterocycles. The second-order valence-corrected chi connectivity index (χ2v) is 8.52. The Morgan fingerprint density at radius 3 is 1.46 bits per heavy atom. The number of fused-ring (bicyclic) bond motifs is 4. The predicted octanol–water partition coefficient (Wildman–Crippen LogP) is 4.06. The molecule has 0 radical (unpaired) electrons. The fraction of sp³-hybridized carbons (Fsp3) is 0.727. The van der Waals surface area contributed by atoms with Crippen LogP contribution in [-0.2, 0) is 19.1 Å². The number of allylic oxidation sites excluding steroid dienone is 4. The highest BCUT2D eigenvalue weighted by Crippen LogP contribution is 2.44. The normalized spacial score (nSPS) is 36.0. The second kappa shape index (κ2) is 7.98. The smallest absolute Gasteiger partial charge is 0.309 e. The Hall–Kier alpha value is -1.58. The minimum Gasteiger partial charge on any atom is -0.465 e. The summed E-state index contributed by atoms with van der Waals surface area (Å²) in [5.74, 6) is 2.26. The van der Waals surface area contributed by atoms with Crippen molar-refractivity contribution in [2.24, 2.45) is 35.5 Å². The summed E-state index contributed by atoms with van der Waals surface area (Å²) in [7, 11) is 0. The van der Waals surface area contributed by atoms with E-state index < -0.39 is 0 Å². The van der Waals surface area contributed by atoms with E-state index in [1.54, 1.807) is 0 Å². The van der Waals surface area contributed by atoms with Gasteiger partial charge in [0.1, 0.15) is 0 Å². The number of rotatable bonds is 9. The summed E-state index contributed by atoms with van der Waals surface area (Å²) in [4.78, 5) is 24.2. The van der Waals surface area contributed by atoms with Crippen LogP contribution in [0.4, 0.5) is 0 Å². The average Bonchev–Trinajstić information content (AvgIpc) is 3.43. The van der Waals surface area contributed by atoms with Crippen molar-refractivity contribution in [3.63, 3.8) is 0 Å². The number of hydrogen-bond donors (Lipinski definition) is 0. The Bertz CT molecular complexity index is 541. The van der Waals surface area contributed by atoms with Gasteiger partial charge in [-0.25, -0.2) is 0 Å². The number of ether oxygens (including phenoxy) is 2. The minimum atomic E-state index is -0.00399. The van der Waals surface area contributed by atoms with Gasteiger partial charge in [-0.05, 0) is 75.0 Å². The van der Waals surface area contributed by atoms with Crippen molar-refractivity contribution in [1.29, 1.82) is 0 Å². The third-order valence-electron chi connectivity index (χ3n) is 6.69. The summed E-state index contributed by atoms with van der Waals surface area (Å²) in [6.07, 6.45) is 16.9. The summed E-state index contributed by atoms with van der Waals surface area (Å²) in [5.41, 5.74) is 0. The highest BCUT2D eigenvalue weighted by Gasteiger charge is 2.41. The highest BCUT2D eigenvalue weighted by molar-refractivity contribution is 5.74. The molecule has 4 rings (SSSR count). The first kappa shape index (κ1) is 17.8. The number of unbranched alkanes of at least 4 members (excludes halogenated alkanes) is 3. The summed E-state index contributed by atoms with van der Waals surface area (Å²) in [6.45, 7) is 1.04. The van der Waals surface area contributed by atoms with Crippen molar-refractivity contribution in [1.82, 2.24) is 0 Å². The van der Waals surface area contributed by atoms with Crippen LogP contribution in [0.25, 0.3) is 0 Å². The van der Waals surface area contributed by atoms with Crippen LogP contribution < -0.4 is 0 Å². The van der Waals surface area contributed by atoms with Crippen molar-refractivity contribution >= 4 is 11.9 Å². The summed E-state index contributed by atoms with van der Waals surface area (Å²) in [6, 6.07) is 0. The summed E-state index contributed by atoms with van der Waals surface area (Å²) < 4.78 is 10.9. The summed E-state index contributed by atoms with van der Waals surface area (Å²) >= 11 is 0. The van der Waals surface area contributed by atoms with Crippen LogP contribution in [0.15, 0.2) is 24.3 Å². The fourth-order valence-electron chi connectivity index (χ4n) is 5.22. The zero-order valence-corrected chi connectivity index (χ0v) is 15.5. The van der Waals surface area contributed by atoms with Crippen molar-refractivity contribution in [3.8, 4) is 0 Å². The molecule has 142 valence electrons. The van der Waals surface area contributed by atoms with Crippen LogP contribution in [0, 0.1) is 35.5 Å². The van der Waals surface area contributed by atoms with Gasteiger partial charge in [-0.3, -0.25) is 9.59 Å². The maximum Gasteiger partial charge on any atom is 0.309 e. The van der Waals surface area contributed by atoms with Crippen molar-refractivity contribution < 1.29 is 19.1 Å². The Labute approximate surface area is 156 Å². The van der Waals surface area contributed by atoms with Gasteiger partial charge >= 0.3 is 11.9 Å². The maximum atomic E-state index is 12.1. The molecule has 0 saturated heterocycles. The molecule has 0 aromatic carbocycles. The molecule has 2 saturated carbocycles. The van der Waals surface area contributed by atoms with E-state index in [4.69, 9.17) is 9.47 Å². The molecule has 0 unspecified atom stereocenters. The maximum absolute atomic E-state index is 12.1. The molecule has 0 aromatic rings. The molecule has 0 heterocycles. The van der Waals surface area contributed by atoms with E-state index in [1.807, 2.05) is 0 Å². The molecule has 4 heteroatoms. The molecule has 4 bridgehead atoms. The SMILES string of the molecule is O=C(OCCCCCCOC(=O)[C@H]1C[C@H]2C=C[C@@H]1C2)[C@H]1C[C@H]2C=C[C@@H]1C2. The molecule has 6 atom stereocenters. The minimum absolute atomic E-state index is 0.00399. The first-order chi connectivity index (χ1) is 12.7. The van der Waals surface area contributed by atoms with Gasteiger partial charge in [-0.2, -0.15) is 0 Å². The molecule has 4 aliphatic rings. The Kier molecular flexibility index (Phi) is 5.46. The van der Waals surface area contributed by atoms with Gasteiger partial charge in [0.05, 0.1) is 25.0 Å². The fourth-order valence-corrected chi connectivity index (χ4v) is 5.22. The third-order valence-corrected chi connectivity index (χ3v) is 6.69. The average molecular weight is 358 g/mol. The lowest BCUT2D eigenvalue weighted by molar-refractivity contribution is -0.150. The molecular formula is C22H30O4. The number of hydrogen-bond acceptors (Lipinski definition) is 4. The van der Waals surface area contributed by atoms with E-state index in [0.717, 1.165) is 51.4 Å². The van der Waals surface area contributed by atoms with E-state index in [9.17, 15) is 9.59 Å². The predicted molar refractivity (Wildman–Crippen MR) is 98.1 cm³/mol. The monoisotopic (exact) mass is 358 g/mol. The molecule has 0 amide bonds. The zero-order chi connectivity index (χ0) is 17.9. The lowest BCUT2D eigenvalue weighted by atomic mass is 9.94. The van der Waals surface area contributed by atoms with Crippen LogP contribution in [0.5, 0.6) is 0 Å². The third kappa shape index (κ3) is 3.89. The standard InChI is InChI=1S/C22H30O4/c23-21(19-13-15-5-7-17(19)11-15)25-9-3-1-2-4-10-26-22(24)20-14-16-6-8-18(20)12-16/h5-8,15-20H,1-4,9-14H2/t15-,16-,17+,18+,19-,20-/m0/s1. The molecule has 0 spiro atoms. The molecule has 4 aliphatic carbocycles. The lowest BCUT2D eigenvalue weighted by Gasteiger charge is -2.17. The summed E-state index contributed by atoms with van der Waals surface area (Å²) in [5, 5.41) is 0. The number of carbonyl (C=O) groups is 2. The van der Waals surface area contributed by atoms with E-state index >= 15 is 0 Å².